The first-order chi connectivity index (χ1) is 7.08. The Hall–Kier alpha value is -1.92. The van der Waals surface area contributed by atoms with Gasteiger partial charge in [-0.2, -0.15) is 5.10 Å². The van der Waals surface area contributed by atoms with Gasteiger partial charge in [0.05, 0.1) is 13.0 Å². The SMILES string of the molecule is Cn1cnc(CNC(=O)CCC(=O)O)n1. The average Bonchev–Trinajstić information content (AvgIpc) is 2.58. The lowest BCUT2D eigenvalue weighted by molar-refractivity contribution is -0.138. The van der Waals surface area contributed by atoms with Gasteiger partial charge < -0.3 is 10.4 Å². The second kappa shape index (κ2) is 5.08. The Bertz CT molecular complexity index is 361. The van der Waals surface area contributed by atoms with Crippen LogP contribution < -0.4 is 5.32 Å². The highest BCUT2D eigenvalue weighted by molar-refractivity contribution is 5.80. The van der Waals surface area contributed by atoms with Gasteiger partial charge in [0.15, 0.2) is 5.82 Å². The molecular formula is C8H12N4O3. The molecule has 0 saturated carbocycles. The zero-order valence-electron chi connectivity index (χ0n) is 8.30. The molecule has 0 aliphatic carbocycles. The normalized spacial score (nSPS) is 9.93. The molecule has 0 saturated heterocycles. The maximum atomic E-state index is 11.1. The molecular weight excluding hydrogens is 200 g/mol. The van der Waals surface area contributed by atoms with Gasteiger partial charge in [-0.05, 0) is 0 Å². The summed E-state index contributed by atoms with van der Waals surface area (Å²) in [5.41, 5.74) is 0. The van der Waals surface area contributed by atoms with Gasteiger partial charge in [0.2, 0.25) is 5.91 Å². The molecule has 1 aromatic heterocycles. The number of amides is 1. The maximum absolute atomic E-state index is 11.1. The molecule has 7 nitrogen and oxygen atoms in total. The van der Waals surface area contributed by atoms with Crippen LogP contribution >= 0.6 is 0 Å². The summed E-state index contributed by atoms with van der Waals surface area (Å²) in [4.78, 5) is 25.2. The van der Waals surface area contributed by atoms with Crippen molar-refractivity contribution in [3.63, 3.8) is 0 Å². The fourth-order valence-electron chi connectivity index (χ4n) is 0.951. The van der Waals surface area contributed by atoms with E-state index in [1.165, 1.54) is 11.0 Å². The largest absolute Gasteiger partial charge is 0.481 e. The Labute approximate surface area is 86.1 Å². The van der Waals surface area contributed by atoms with E-state index in [0.29, 0.717) is 5.82 Å². The number of carboxylic acids is 1. The number of carboxylic acid groups (broad SMARTS) is 1. The van der Waals surface area contributed by atoms with Crippen LogP contribution in [0.25, 0.3) is 0 Å². The quantitative estimate of drug-likeness (QED) is 0.672. The van der Waals surface area contributed by atoms with Crippen molar-refractivity contribution in [1.29, 1.82) is 0 Å². The molecule has 1 aromatic rings. The number of nitrogens with one attached hydrogen (secondary N) is 1. The van der Waals surface area contributed by atoms with Gasteiger partial charge in [0.25, 0.3) is 0 Å². The smallest absolute Gasteiger partial charge is 0.303 e. The highest BCUT2D eigenvalue weighted by Gasteiger charge is 2.06. The molecule has 15 heavy (non-hydrogen) atoms. The van der Waals surface area contributed by atoms with Crippen LogP contribution in [0, 0.1) is 0 Å². The second-order valence-electron chi connectivity index (χ2n) is 3.00. The molecule has 0 bridgehead atoms. The first kappa shape index (κ1) is 11.2. The molecule has 0 aliphatic rings. The Kier molecular flexibility index (Phi) is 3.78. The summed E-state index contributed by atoms with van der Waals surface area (Å²) < 4.78 is 1.53. The van der Waals surface area contributed by atoms with Crippen molar-refractivity contribution in [2.45, 2.75) is 19.4 Å². The first-order valence-corrected chi connectivity index (χ1v) is 4.41. The monoisotopic (exact) mass is 212 g/mol. The zero-order chi connectivity index (χ0) is 11.3. The number of aromatic nitrogens is 3. The summed E-state index contributed by atoms with van der Waals surface area (Å²) in [5, 5.41) is 14.8. The number of nitrogens with zero attached hydrogens (tertiary/aromatic N) is 3. The van der Waals surface area contributed by atoms with Gasteiger partial charge in [-0.3, -0.25) is 14.3 Å². The molecule has 0 fully saturated rings. The van der Waals surface area contributed by atoms with Gasteiger partial charge in [-0.1, -0.05) is 0 Å². The van der Waals surface area contributed by atoms with Crippen LogP contribution in [0.15, 0.2) is 6.33 Å². The molecule has 0 aromatic carbocycles. The number of aliphatic carboxylic acids is 1. The predicted molar refractivity (Wildman–Crippen MR) is 49.7 cm³/mol. The van der Waals surface area contributed by atoms with E-state index in [2.05, 4.69) is 15.4 Å². The first-order valence-electron chi connectivity index (χ1n) is 4.41. The van der Waals surface area contributed by atoms with E-state index < -0.39 is 5.97 Å². The highest BCUT2D eigenvalue weighted by atomic mass is 16.4. The summed E-state index contributed by atoms with van der Waals surface area (Å²) in [7, 11) is 1.72. The van der Waals surface area contributed by atoms with Gasteiger partial charge in [-0.15, -0.1) is 0 Å². The van der Waals surface area contributed by atoms with Gasteiger partial charge in [-0.25, -0.2) is 4.98 Å². The average molecular weight is 212 g/mol. The third-order valence-electron chi connectivity index (χ3n) is 1.66. The molecule has 1 rings (SSSR count). The number of hydrogen-bond acceptors (Lipinski definition) is 4. The van der Waals surface area contributed by atoms with E-state index >= 15 is 0 Å². The van der Waals surface area contributed by atoms with E-state index in [-0.39, 0.29) is 25.3 Å². The van der Waals surface area contributed by atoms with E-state index in [9.17, 15) is 9.59 Å². The minimum atomic E-state index is -0.985. The van der Waals surface area contributed by atoms with Gasteiger partial charge in [0.1, 0.15) is 6.33 Å². The number of carbonyl (C=O) groups is 2. The van der Waals surface area contributed by atoms with Gasteiger partial charge >= 0.3 is 5.97 Å². The lowest BCUT2D eigenvalue weighted by atomic mass is 10.3. The van der Waals surface area contributed by atoms with Crippen molar-refractivity contribution in [3.8, 4) is 0 Å². The third kappa shape index (κ3) is 4.21. The van der Waals surface area contributed by atoms with Crippen LogP contribution in [-0.4, -0.2) is 31.7 Å². The van der Waals surface area contributed by atoms with E-state index in [4.69, 9.17) is 5.11 Å². The maximum Gasteiger partial charge on any atom is 0.303 e. The molecule has 0 atom stereocenters. The Morgan fingerprint density at radius 3 is 2.80 bits per heavy atom. The minimum Gasteiger partial charge on any atom is -0.481 e. The molecule has 1 amide bonds. The highest BCUT2D eigenvalue weighted by Crippen LogP contribution is 1.91. The molecule has 0 aliphatic heterocycles. The summed E-state index contributed by atoms with van der Waals surface area (Å²) in [5.74, 6) is -0.799. The van der Waals surface area contributed by atoms with Gasteiger partial charge in [0, 0.05) is 13.5 Å². The Morgan fingerprint density at radius 2 is 2.27 bits per heavy atom. The summed E-state index contributed by atoms with van der Waals surface area (Å²) in [6.07, 6.45) is 1.34. The summed E-state index contributed by atoms with van der Waals surface area (Å²) in [6.45, 7) is 0.222. The molecule has 0 spiro atoms. The van der Waals surface area contributed by atoms with E-state index in [0.717, 1.165) is 0 Å². The fourth-order valence-corrected chi connectivity index (χ4v) is 0.951. The fraction of sp³-hybridized carbons (Fsp3) is 0.500. The zero-order valence-corrected chi connectivity index (χ0v) is 8.30. The van der Waals surface area contributed by atoms with Crippen LogP contribution in [0.4, 0.5) is 0 Å². The second-order valence-corrected chi connectivity index (χ2v) is 3.00. The van der Waals surface area contributed by atoms with Crippen LogP contribution in [0.2, 0.25) is 0 Å². The Morgan fingerprint density at radius 1 is 1.53 bits per heavy atom. The minimum absolute atomic E-state index is 0.0256. The lowest BCUT2D eigenvalue weighted by Gasteiger charge is -2.00. The van der Waals surface area contributed by atoms with Crippen molar-refractivity contribution in [2.24, 2.45) is 7.05 Å². The number of aryl methyl sites for hydroxylation is 1. The van der Waals surface area contributed by atoms with Crippen LogP contribution in [-0.2, 0) is 23.2 Å². The van der Waals surface area contributed by atoms with Crippen LogP contribution in [0.3, 0.4) is 0 Å². The standard InChI is InChI=1S/C8H12N4O3/c1-12-5-10-6(11-12)4-9-7(13)2-3-8(14)15/h5H,2-4H2,1H3,(H,9,13)(H,14,15). The summed E-state index contributed by atoms with van der Waals surface area (Å²) >= 11 is 0. The van der Waals surface area contributed by atoms with Crippen molar-refractivity contribution >= 4 is 11.9 Å². The van der Waals surface area contributed by atoms with E-state index in [1.54, 1.807) is 7.05 Å². The lowest BCUT2D eigenvalue weighted by Crippen LogP contribution is -2.23. The molecule has 82 valence electrons. The molecule has 0 radical (unpaired) electrons. The topological polar surface area (TPSA) is 97.1 Å². The van der Waals surface area contributed by atoms with Crippen molar-refractivity contribution in [3.05, 3.63) is 12.2 Å². The number of hydrogen-bond donors (Lipinski definition) is 2. The van der Waals surface area contributed by atoms with Crippen molar-refractivity contribution < 1.29 is 14.7 Å². The molecule has 0 unspecified atom stereocenters. The number of rotatable bonds is 5. The predicted octanol–water partition coefficient (Wildman–Crippen LogP) is -0.704. The Balaban J connectivity index is 2.25. The summed E-state index contributed by atoms with van der Waals surface area (Å²) in [6, 6.07) is 0. The van der Waals surface area contributed by atoms with E-state index in [1.807, 2.05) is 0 Å². The number of carbonyl (C=O) groups excluding carboxylic acids is 1. The van der Waals surface area contributed by atoms with Crippen LogP contribution in [0.1, 0.15) is 18.7 Å². The molecule has 2 N–H and O–H groups in total. The molecule has 1 heterocycles. The molecule has 7 heteroatoms. The third-order valence-corrected chi connectivity index (χ3v) is 1.66. The van der Waals surface area contributed by atoms with Crippen LogP contribution in [0.5, 0.6) is 0 Å². The van der Waals surface area contributed by atoms with Crippen molar-refractivity contribution in [1.82, 2.24) is 20.1 Å². The van der Waals surface area contributed by atoms with Crippen molar-refractivity contribution in [2.75, 3.05) is 0 Å².